The second kappa shape index (κ2) is 3.39. The maximum absolute atomic E-state index is 5.95. The summed E-state index contributed by atoms with van der Waals surface area (Å²) in [5.74, 6) is 0.556. The zero-order valence-corrected chi connectivity index (χ0v) is 9.37. The van der Waals surface area contributed by atoms with Gasteiger partial charge in [-0.05, 0) is 30.9 Å². The zero-order valence-electron chi connectivity index (χ0n) is 9.37. The van der Waals surface area contributed by atoms with Gasteiger partial charge in [0.25, 0.3) is 0 Å². The molecule has 0 N–H and O–H groups in total. The maximum Gasteiger partial charge on any atom is 0.0859 e. The second-order valence-electron chi connectivity index (χ2n) is 4.58. The average molecular weight is 190 g/mol. The Hall–Kier alpha value is -0.820. The van der Waals surface area contributed by atoms with Gasteiger partial charge >= 0.3 is 0 Å². The highest BCUT2D eigenvalue weighted by Gasteiger charge is 2.30. The standard InChI is InChI=1S/C13H18O/c1-8(2)13-12-7-9(3)5-6-11(12)10(4)14-13/h5-8,10,13H,1-4H3. The van der Waals surface area contributed by atoms with E-state index in [0.29, 0.717) is 12.0 Å². The summed E-state index contributed by atoms with van der Waals surface area (Å²) in [5, 5.41) is 0. The first-order valence-corrected chi connectivity index (χ1v) is 5.35. The van der Waals surface area contributed by atoms with Crippen LogP contribution < -0.4 is 0 Å². The fraction of sp³-hybridized carbons (Fsp3) is 0.538. The average Bonchev–Trinajstić information content (AvgIpc) is 2.43. The first-order chi connectivity index (χ1) is 6.59. The van der Waals surface area contributed by atoms with E-state index >= 15 is 0 Å². The third-order valence-corrected chi connectivity index (χ3v) is 2.94. The predicted molar refractivity (Wildman–Crippen MR) is 58.3 cm³/mol. The highest BCUT2D eigenvalue weighted by atomic mass is 16.5. The second-order valence-corrected chi connectivity index (χ2v) is 4.58. The molecule has 1 aromatic carbocycles. The fourth-order valence-electron chi connectivity index (χ4n) is 2.19. The summed E-state index contributed by atoms with van der Waals surface area (Å²) in [6.07, 6.45) is 0.554. The number of hydrogen-bond donors (Lipinski definition) is 0. The van der Waals surface area contributed by atoms with Crippen LogP contribution in [0.5, 0.6) is 0 Å². The summed E-state index contributed by atoms with van der Waals surface area (Å²) in [4.78, 5) is 0. The molecule has 76 valence electrons. The summed E-state index contributed by atoms with van der Waals surface area (Å²) in [5.41, 5.74) is 4.09. The van der Waals surface area contributed by atoms with Crippen LogP contribution in [-0.4, -0.2) is 0 Å². The summed E-state index contributed by atoms with van der Waals surface area (Å²) in [6.45, 7) is 8.71. The van der Waals surface area contributed by atoms with E-state index < -0.39 is 0 Å². The van der Waals surface area contributed by atoms with Crippen LogP contribution in [0.4, 0.5) is 0 Å². The number of rotatable bonds is 1. The quantitative estimate of drug-likeness (QED) is 0.654. The zero-order chi connectivity index (χ0) is 10.3. The van der Waals surface area contributed by atoms with E-state index in [2.05, 4.69) is 45.9 Å². The Labute approximate surface area is 86.1 Å². The van der Waals surface area contributed by atoms with Crippen molar-refractivity contribution in [3.8, 4) is 0 Å². The molecule has 0 aromatic heterocycles. The molecular formula is C13H18O. The molecule has 1 aromatic rings. The lowest BCUT2D eigenvalue weighted by Gasteiger charge is -2.16. The van der Waals surface area contributed by atoms with E-state index in [4.69, 9.17) is 4.74 Å². The Bertz CT molecular complexity index is 341. The molecule has 0 saturated heterocycles. The van der Waals surface area contributed by atoms with Gasteiger partial charge in [-0.1, -0.05) is 37.6 Å². The van der Waals surface area contributed by atoms with Gasteiger partial charge in [-0.15, -0.1) is 0 Å². The van der Waals surface area contributed by atoms with Crippen LogP contribution in [0.3, 0.4) is 0 Å². The molecule has 2 unspecified atom stereocenters. The molecule has 1 aliphatic rings. The van der Waals surface area contributed by atoms with Crippen molar-refractivity contribution in [1.82, 2.24) is 0 Å². The summed E-state index contributed by atoms with van der Waals surface area (Å²) >= 11 is 0. The van der Waals surface area contributed by atoms with Gasteiger partial charge in [0.2, 0.25) is 0 Å². The van der Waals surface area contributed by atoms with Crippen molar-refractivity contribution < 1.29 is 4.74 Å². The van der Waals surface area contributed by atoms with Gasteiger partial charge in [-0.3, -0.25) is 0 Å². The highest BCUT2D eigenvalue weighted by molar-refractivity contribution is 5.37. The topological polar surface area (TPSA) is 9.23 Å². The molecule has 2 rings (SSSR count). The van der Waals surface area contributed by atoms with Gasteiger partial charge in [0, 0.05) is 0 Å². The van der Waals surface area contributed by atoms with Crippen LogP contribution in [0.2, 0.25) is 0 Å². The molecular weight excluding hydrogens is 172 g/mol. The minimum atomic E-state index is 0.262. The van der Waals surface area contributed by atoms with Crippen molar-refractivity contribution in [2.24, 2.45) is 5.92 Å². The Morgan fingerprint density at radius 2 is 1.93 bits per heavy atom. The lowest BCUT2D eigenvalue weighted by atomic mass is 9.94. The van der Waals surface area contributed by atoms with Crippen molar-refractivity contribution in [1.29, 1.82) is 0 Å². The Morgan fingerprint density at radius 1 is 1.21 bits per heavy atom. The van der Waals surface area contributed by atoms with E-state index in [1.165, 1.54) is 16.7 Å². The van der Waals surface area contributed by atoms with Crippen molar-refractivity contribution in [2.75, 3.05) is 0 Å². The molecule has 0 radical (unpaired) electrons. The fourth-order valence-corrected chi connectivity index (χ4v) is 2.19. The normalized spacial score (nSPS) is 25.5. The first kappa shape index (κ1) is 9.72. The van der Waals surface area contributed by atoms with Crippen LogP contribution >= 0.6 is 0 Å². The molecule has 0 spiro atoms. The Kier molecular flexibility index (Phi) is 2.36. The lowest BCUT2D eigenvalue weighted by molar-refractivity contribution is -0.00454. The monoisotopic (exact) mass is 190 g/mol. The summed E-state index contributed by atoms with van der Waals surface area (Å²) in [6, 6.07) is 6.64. The van der Waals surface area contributed by atoms with E-state index in [9.17, 15) is 0 Å². The van der Waals surface area contributed by atoms with Crippen molar-refractivity contribution in [2.45, 2.75) is 39.9 Å². The van der Waals surface area contributed by atoms with Crippen molar-refractivity contribution in [3.05, 3.63) is 34.9 Å². The third kappa shape index (κ3) is 1.46. The number of benzene rings is 1. The number of hydrogen-bond acceptors (Lipinski definition) is 1. The molecule has 14 heavy (non-hydrogen) atoms. The Morgan fingerprint density at radius 3 is 2.57 bits per heavy atom. The van der Waals surface area contributed by atoms with Crippen LogP contribution in [0.1, 0.15) is 49.7 Å². The molecule has 0 aliphatic carbocycles. The van der Waals surface area contributed by atoms with E-state index in [1.54, 1.807) is 0 Å². The van der Waals surface area contributed by atoms with E-state index in [1.807, 2.05) is 0 Å². The van der Waals surface area contributed by atoms with Gasteiger partial charge in [0.1, 0.15) is 0 Å². The van der Waals surface area contributed by atoms with E-state index in [-0.39, 0.29) is 6.10 Å². The highest BCUT2D eigenvalue weighted by Crippen LogP contribution is 2.42. The van der Waals surface area contributed by atoms with Crippen molar-refractivity contribution in [3.63, 3.8) is 0 Å². The van der Waals surface area contributed by atoms with Gasteiger partial charge in [0.05, 0.1) is 12.2 Å². The van der Waals surface area contributed by atoms with Gasteiger partial charge in [-0.25, -0.2) is 0 Å². The van der Waals surface area contributed by atoms with Gasteiger partial charge in [-0.2, -0.15) is 0 Å². The minimum Gasteiger partial charge on any atom is -0.366 e. The molecule has 1 aliphatic heterocycles. The molecule has 0 bridgehead atoms. The van der Waals surface area contributed by atoms with Gasteiger partial charge < -0.3 is 4.74 Å². The van der Waals surface area contributed by atoms with Gasteiger partial charge in [0.15, 0.2) is 0 Å². The number of fused-ring (bicyclic) bond motifs is 1. The summed E-state index contributed by atoms with van der Waals surface area (Å²) < 4.78 is 5.95. The number of aryl methyl sites for hydroxylation is 1. The molecule has 1 nitrogen and oxygen atoms in total. The molecule has 0 amide bonds. The largest absolute Gasteiger partial charge is 0.366 e. The van der Waals surface area contributed by atoms with Crippen LogP contribution in [-0.2, 0) is 4.74 Å². The molecule has 1 heteroatoms. The van der Waals surface area contributed by atoms with Crippen LogP contribution in [0, 0.1) is 12.8 Å². The third-order valence-electron chi connectivity index (χ3n) is 2.94. The smallest absolute Gasteiger partial charge is 0.0859 e. The first-order valence-electron chi connectivity index (χ1n) is 5.35. The van der Waals surface area contributed by atoms with Crippen molar-refractivity contribution >= 4 is 0 Å². The SMILES string of the molecule is Cc1ccc2c(c1)C(C(C)C)OC2C. The van der Waals surface area contributed by atoms with Crippen LogP contribution in [0.25, 0.3) is 0 Å². The Balaban J connectivity index is 2.45. The number of ether oxygens (including phenoxy) is 1. The summed E-state index contributed by atoms with van der Waals surface area (Å²) in [7, 11) is 0. The molecule has 1 heterocycles. The molecule has 0 saturated carbocycles. The molecule has 0 fully saturated rings. The minimum absolute atomic E-state index is 0.262. The predicted octanol–water partition coefficient (Wildman–Crippen LogP) is 3.78. The molecule has 2 atom stereocenters. The lowest BCUT2D eigenvalue weighted by Crippen LogP contribution is -2.04. The van der Waals surface area contributed by atoms with E-state index in [0.717, 1.165) is 0 Å². The van der Waals surface area contributed by atoms with Crippen LogP contribution in [0.15, 0.2) is 18.2 Å². The maximum atomic E-state index is 5.95.